The summed E-state index contributed by atoms with van der Waals surface area (Å²) in [5.41, 5.74) is 4.99. The first-order valence-electron chi connectivity index (χ1n) is 9.46. The average Bonchev–Trinajstić information content (AvgIpc) is 2.75. The quantitative estimate of drug-likeness (QED) is 0.755. The molecule has 0 unspecified atom stereocenters. The summed E-state index contributed by atoms with van der Waals surface area (Å²) in [4.78, 5) is 16.3. The van der Waals surface area contributed by atoms with Crippen LogP contribution in [-0.4, -0.2) is 38.0 Å². The van der Waals surface area contributed by atoms with Crippen molar-refractivity contribution in [3.8, 4) is 11.3 Å². The Hall–Kier alpha value is -2.63. The lowest BCUT2D eigenvalue weighted by molar-refractivity contribution is 0.196. The Bertz CT molecular complexity index is 867. The van der Waals surface area contributed by atoms with Crippen molar-refractivity contribution in [2.45, 2.75) is 31.9 Å². The second-order valence-electron chi connectivity index (χ2n) is 7.08. The van der Waals surface area contributed by atoms with Gasteiger partial charge in [0.15, 0.2) is 0 Å². The van der Waals surface area contributed by atoms with Gasteiger partial charge in [-0.3, -0.25) is 14.9 Å². The summed E-state index contributed by atoms with van der Waals surface area (Å²) in [6.07, 6.45) is 7.87. The van der Waals surface area contributed by atoms with Crippen molar-refractivity contribution in [2.75, 3.05) is 13.1 Å². The molecule has 1 aromatic carbocycles. The van der Waals surface area contributed by atoms with Gasteiger partial charge in [-0.2, -0.15) is 0 Å². The van der Waals surface area contributed by atoms with E-state index in [4.69, 9.17) is 4.98 Å². The van der Waals surface area contributed by atoms with Gasteiger partial charge in [0, 0.05) is 37.0 Å². The van der Waals surface area contributed by atoms with Gasteiger partial charge in [0.05, 0.1) is 29.9 Å². The molecule has 4 rings (SSSR count). The highest BCUT2D eigenvalue weighted by Crippen LogP contribution is 2.27. The molecular formula is C22H24N4O. The molecule has 2 aromatic heterocycles. The predicted octanol–water partition coefficient (Wildman–Crippen LogP) is 3.41. The van der Waals surface area contributed by atoms with E-state index in [1.807, 2.05) is 55.0 Å². The highest BCUT2D eigenvalue weighted by molar-refractivity contribution is 5.58. The fourth-order valence-electron chi connectivity index (χ4n) is 3.66. The van der Waals surface area contributed by atoms with E-state index in [-0.39, 0.29) is 6.61 Å². The highest BCUT2D eigenvalue weighted by atomic mass is 16.3. The Morgan fingerprint density at radius 3 is 2.74 bits per heavy atom. The number of hydrogen-bond donors (Lipinski definition) is 1. The van der Waals surface area contributed by atoms with E-state index in [9.17, 15) is 5.11 Å². The summed E-state index contributed by atoms with van der Waals surface area (Å²) >= 11 is 0. The fourth-order valence-corrected chi connectivity index (χ4v) is 3.66. The van der Waals surface area contributed by atoms with Gasteiger partial charge in [0.2, 0.25) is 0 Å². The molecule has 1 atom stereocenters. The molecule has 1 fully saturated rings. The van der Waals surface area contributed by atoms with Crippen LogP contribution in [0.15, 0.2) is 61.1 Å². The molecule has 3 aromatic rings. The fraction of sp³-hybridized carbons (Fsp3) is 0.318. The van der Waals surface area contributed by atoms with Crippen LogP contribution in [0.25, 0.3) is 11.3 Å². The maximum absolute atomic E-state index is 9.21. The number of rotatable bonds is 5. The smallest absolute Gasteiger partial charge is 0.0888 e. The van der Waals surface area contributed by atoms with E-state index in [0.29, 0.717) is 5.92 Å². The van der Waals surface area contributed by atoms with Crippen LogP contribution in [-0.2, 0) is 13.2 Å². The number of nitrogens with zero attached hydrogens (tertiary/aromatic N) is 4. The summed E-state index contributed by atoms with van der Waals surface area (Å²) in [6, 6.07) is 13.9. The van der Waals surface area contributed by atoms with Gasteiger partial charge < -0.3 is 5.11 Å². The zero-order valence-electron chi connectivity index (χ0n) is 15.3. The molecule has 1 N–H and O–H groups in total. The number of likely N-dealkylation sites (tertiary alicyclic amines) is 1. The highest BCUT2D eigenvalue weighted by Gasteiger charge is 2.23. The van der Waals surface area contributed by atoms with Gasteiger partial charge in [-0.15, -0.1) is 0 Å². The van der Waals surface area contributed by atoms with Crippen LogP contribution in [0.2, 0.25) is 0 Å². The van der Waals surface area contributed by atoms with Gasteiger partial charge in [0.1, 0.15) is 0 Å². The maximum Gasteiger partial charge on any atom is 0.0888 e. The molecule has 5 heteroatoms. The van der Waals surface area contributed by atoms with E-state index in [1.165, 1.54) is 0 Å². The van der Waals surface area contributed by atoms with Crippen molar-refractivity contribution in [1.82, 2.24) is 19.9 Å². The Morgan fingerprint density at radius 2 is 1.96 bits per heavy atom. The molecule has 138 valence electrons. The first kappa shape index (κ1) is 17.8. The summed E-state index contributed by atoms with van der Waals surface area (Å²) in [6.45, 7) is 3.02. The van der Waals surface area contributed by atoms with Crippen LogP contribution in [0.1, 0.15) is 35.7 Å². The van der Waals surface area contributed by atoms with Crippen LogP contribution in [0.5, 0.6) is 0 Å². The first-order chi connectivity index (χ1) is 13.3. The third kappa shape index (κ3) is 4.38. The maximum atomic E-state index is 9.21. The van der Waals surface area contributed by atoms with Gasteiger partial charge in [-0.05, 0) is 37.1 Å². The normalized spacial score (nSPS) is 17.7. The molecule has 0 spiro atoms. The molecule has 3 heterocycles. The number of aliphatic hydroxyl groups excluding tert-OH is 1. The topological polar surface area (TPSA) is 62.1 Å². The number of hydrogen-bond acceptors (Lipinski definition) is 5. The molecular weight excluding hydrogens is 336 g/mol. The third-order valence-electron chi connectivity index (χ3n) is 5.12. The zero-order valence-corrected chi connectivity index (χ0v) is 15.3. The van der Waals surface area contributed by atoms with Gasteiger partial charge >= 0.3 is 0 Å². The lowest BCUT2D eigenvalue weighted by atomic mass is 9.94. The summed E-state index contributed by atoms with van der Waals surface area (Å²) < 4.78 is 0. The largest absolute Gasteiger partial charge is 0.392 e. The Labute approximate surface area is 159 Å². The Kier molecular flexibility index (Phi) is 5.51. The van der Waals surface area contributed by atoms with Gasteiger partial charge in [0.25, 0.3) is 0 Å². The number of aliphatic hydroxyl groups is 1. The second kappa shape index (κ2) is 8.37. The number of aromatic nitrogens is 3. The molecule has 0 aliphatic carbocycles. The SMILES string of the molecule is OCc1ccc(-c2cncc([C@H]3CCCN(Cc4ccccn4)C3)n2)cc1. The standard InChI is InChI=1S/C22H24N4O/c27-16-17-6-8-18(9-7-17)21-12-23-13-22(25-21)19-4-3-11-26(14-19)15-20-5-1-2-10-24-20/h1-2,5-10,12-13,19,27H,3-4,11,14-16H2/t19-/m0/s1. The average molecular weight is 360 g/mol. The Morgan fingerprint density at radius 1 is 1.07 bits per heavy atom. The third-order valence-corrected chi connectivity index (χ3v) is 5.12. The number of piperidine rings is 1. The minimum atomic E-state index is 0.0557. The van der Waals surface area contributed by atoms with Crippen molar-refractivity contribution < 1.29 is 5.11 Å². The Balaban J connectivity index is 1.49. The minimum Gasteiger partial charge on any atom is -0.392 e. The van der Waals surface area contributed by atoms with Gasteiger partial charge in [-0.25, -0.2) is 4.98 Å². The van der Waals surface area contributed by atoms with Crippen molar-refractivity contribution >= 4 is 0 Å². The van der Waals surface area contributed by atoms with E-state index >= 15 is 0 Å². The van der Waals surface area contributed by atoms with E-state index in [2.05, 4.69) is 20.9 Å². The van der Waals surface area contributed by atoms with E-state index < -0.39 is 0 Å². The van der Waals surface area contributed by atoms with Crippen molar-refractivity contribution in [2.24, 2.45) is 0 Å². The minimum absolute atomic E-state index is 0.0557. The molecule has 27 heavy (non-hydrogen) atoms. The molecule has 0 amide bonds. The summed E-state index contributed by atoms with van der Waals surface area (Å²) in [7, 11) is 0. The first-order valence-corrected chi connectivity index (χ1v) is 9.46. The summed E-state index contributed by atoms with van der Waals surface area (Å²) in [5, 5.41) is 9.21. The van der Waals surface area contributed by atoms with Crippen LogP contribution >= 0.6 is 0 Å². The molecule has 0 radical (unpaired) electrons. The number of pyridine rings is 1. The lowest BCUT2D eigenvalue weighted by Crippen LogP contribution is -2.34. The molecule has 5 nitrogen and oxygen atoms in total. The number of benzene rings is 1. The van der Waals surface area contributed by atoms with Crippen molar-refractivity contribution in [3.63, 3.8) is 0 Å². The second-order valence-corrected chi connectivity index (χ2v) is 7.08. The molecule has 0 bridgehead atoms. The predicted molar refractivity (Wildman–Crippen MR) is 105 cm³/mol. The molecule has 1 aliphatic heterocycles. The van der Waals surface area contributed by atoms with Crippen LogP contribution in [0, 0.1) is 0 Å². The van der Waals surface area contributed by atoms with E-state index in [1.54, 1.807) is 0 Å². The van der Waals surface area contributed by atoms with E-state index in [0.717, 1.165) is 60.7 Å². The van der Waals surface area contributed by atoms with Crippen molar-refractivity contribution in [3.05, 3.63) is 78.0 Å². The monoisotopic (exact) mass is 360 g/mol. The molecule has 1 aliphatic rings. The van der Waals surface area contributed by atoms with Crippen LogP contribution in [0.4, 0.5) is 0 Å². The lowest BCUT2D eigenvalue weighted by Gasteiger charge is -2.32. The zero-order chi connectivity index (χ0) is 18.5. The molecule has 0 saturated carbocycles. The van der Waals surface area contributed by atoms with Gasteiger partial charge in [-0.1, -0.05) is 30.3 Å². The van der Waals surface area contributed by atoms with Crippen LogP contribution < -0.4 is 0 Å². The van der Waals surface area contributed by atoms with Crippen molar-refractivity contribution in [1.29, 1.82) is 0 Å². The molecule has 1 saturated heterocycles. The van der Waals surface area contributed by atoms with Crippen LogP contribution in [0.3, 0.4) is 0 Å². The summed E-state index contributed by atoms with van der Waals surface area (Å²) in [5.74, 6) is 0.395.